The van der Waals surface area contributed by atoms with Crippen molar-refractivity contribution in [2.75, 3.05) is 27.2 Å². The van der Waals surface area contributed by atoms with Crippen LogP contribution in [-0.4, -0.2) is 39.9 Å². The van der Waals surface area contributed by atoms with Gasteiger partial charge in [-0.3, -0.25) is 0 Å². The van der Waals surface area contributed by atoms with Crippen molar-refractivity contribution in [3.63, 3.8) is 0 Å². The molecule has 1 rings (SSSR count). The standard InChI is InChI=1S/C11H18N2O2S/c1-10-4-6-11(7-5-10)16(14,15)13(3)9-8-12-2/h4-7,12H,8-9H2,1-3H3. The lowest BCUT2D eigenvalue weighted by atomic mass is 10.2. The van der Waals surface area contributed by atoms with E-state index in [-0.39, 0.29) is 0 Å². The molecule has 0 bridgehead atoms. The van der Waals surface area contributed by atoms with E-state index >= 15 is 0 Å². The van der Waals surface area contributed by atoms with Gasteiger partial charge in [0.15, 0.2) is 0 Å². The van der Waals surface area contributed by atoms with E-state index in [4.69, 9.17) is 0 Å². The first-order valence-electron chi connectivity index (χ1n) is 5.16. The summed E-state index contributed by atoms with van der Waals surface area (Å²) in [7, 11) is 0.0531. The Morgan fingerprint density at radius 1 is 1.25 bits per heavy atom. The van der Waals surface area contributed by atoms with Gasteiger partial charge in [-0.25, -0.2) is 8.42 Å². The number of hydrogen-bond donors (Lipinski definition) is 1. The molecule has 0 radical (unpaired) electrons. The minimum absolute atomic E-state index is 0.344. The second-order valence-corrected chi connectivity index (χ2v) is 5.79. The van der Waals surface area contributed by atoms with Crippen molar-refractivity contribution >= 4 is 10.0 Å². The van der Waals surface area contributed by atoms with Crippen molar-refractivity contribution in [3.8, 4) is 0 Å². The summed E-state index contributed by atoms with van der Waals surface area (Å²) in [6, 6.07) is 6.89. The van der Waals surface area contributed by atoms with Crippen molar-refractivity contribution < 1.29 is 8.42 Å². The Morgan fingerprint density at radius 3 is 2.31 bits per heavy atom. The molecule has 0 aromatic heterocycles. The number of nitrogens with one attached hydrogen (secondary N) is 1. The minimum atomic E-state index is -3.33. The Balaban J connectivity index is 2.89. The van der Waals surface area contributed by atoms with Crippen molar-refractivity contribution in [2.45, 2.75) is 11.8 Å². The third kappa shape index (κ3) is 3.04. The van der Waals surface area contributed by atoms with Crippen LogP contribution in [0.4, 0.5) is 0 Å². The van der Waals surface area contributed by atoms with Crippen LogP contribution in [0.3, 0.4) is 0 Å². The molecule has 0 unspecified atom stereocenters. The molecule has 0 aliphatic carbocycles. The summed E-state index contributed by atoms with van der Waals surface area (Å²) < 4.78 is 25.5. The Morgan fingerprint density at radius 2 is 1.81 bits per heavy atom. The lowest BCUT2D eigenvalue weighted by Crippen LogP contribution is -2.32. The summed E-state index contributed by atoms with van der Waals surface area (Å²) >= 11 is 0. The van der Waals surface area contributed by atoms with Gasteiger partial charge in [-0.2, -0.15) is 4.31 Å². The van der Waals surface area contributed by atoms with Gasteiger partial charge in [0.25, 0.3) is 0 Å². The fraction of sp³-hybridized carbons (Fsp3) is 0.455. The third-order valence-electron chi connectivity index (χ3n) is 2.41. The maximum Gasteiger partial charge on any atom is 0.242 e. The van der Waals surface area contributed by atoms with E-state index in [1.165, 1.54) is 4.31 Å². The zero-order chi connectivity index (χ0) is 12.2. The van der Waals surface area contributed by atoms with Crippen LogP contribution in [0, 0.1) is 6.92 Å². The van der Waals surface area contributed by atoms with Crippen molar-refractivity contribution in [1.29, 1.82) is 0 Å². The monoisotopic (exact) mass is 242 g/mol. The molecule has 90 valence electrons. The number of aryl methyl sites for hydroxylation is 1. The highest BCUT2D eigenvalue weighted by Gasteiger charge is 2.19. The van der Waals surface area contributed by atoms with E-state index in [1.54, 1.807) is 38.4 Å². The van der Waals surface area contributed by atoms with Crippen LogP contribution >= 0.6 is 0 Å². The van der Waals surface area contributed by atoms with Crippen molar-refractivity contribution in [2.24, 2.45) is 0 Å². The van der Waals surface area contributed by atoms with Crippen molar-refractivity contribution in [1.82, 2.24) is 9.62 Å². The highest BCUT2D eigenvalue weighted by Crippen LogP contribution is 2.14. The Bertz CT molecular complexity index is 426. The first-order chi connectivity index (χ1) is 7.48. The van der Waals surface area contributed by atoms with E-state index in [1.807, 2.05) is 6.92 Å². The molecule has 1 N–H and O–H groups in total. The maximum atomic E-state index is 12.0. The minimum Gasteiger partial charge on any atom is -0.318 e. The number of hydrogen-bond acceptors (Lipinski definition) is 3. The predicted molar refractivity (Wildman–Crippen MR) is 64.9 cm³/mol. The van der Waals surface area contributed by atoms with E-state index in [0.717, 1.165) is 5.56 Å². The number of nitrogens with zero attached hydrogens (tertiary/aromatic N) is 1. The van der Waals surface area contributed by atoms with E-state index in [0.29, 0.717) is 18.0 Å². The largest absolute Gasteiger partial charge is 0.318 e. The Labute approximate surface area is 97.3 Å². The smallest absolute Gasteiger partial charge is 0.242 e. The average molecular weight is 242 g/mol. The van der Waals surface area contributed by atoms with Crippen LogP contribution < -0.4 is 5.32 Å². The topological polar surface area (TPSA) is 49.4 Å². The molecule has 0 heterocycles. The van der Waals surface area contributed by atoms with Crippen LogP contribution in [0.5, 0.6) is 0 Å². The molecule has 0 amide bonds. The van der Waals surface area contributed by atoms with Crippen LogP contribution in [0.2, 0.25) is 0 Å². The molecule has 1 aromatic rings. The van der Waals surface area contributed by atoms with Crippen LogP contribution in [0.25, 0.3) is 0 Å². The summed E-state index contributed by atoms with van der Waals surface area (Å²) in [6.07, 6.45) is 0. The average Bonchev–Trinajstić information content (AvgIpc) is 2.26. The van der Waals surface area contributed by atoms with Crippen molar-refractivity contribution in [3.05, 3.63) is 29.8 Å². The highest BCUT2D eigenvalue weighted by atomic mass is 32.2. The SMILES string of the molecule is CNCCN(C)S(=O)(=O)c1ccc(C)cc1. The van der Waals surface area contributed by atoms with Gasteiger partial charge in [-0.1, -0.05) is 17.7 Å². The summed E-state index contributed by atoms with van der Waals surface area (Å²) in [6.45, 7) is 3.04. The zero-order valence-electron chi connectivity index (χ0n) is 9.90. The van der Waals surface area contributed by atoms with E-state index in [2.05, 4.69) is 5.32 Å². The molecule has 4 nitrogen and oxygen atoms in total. The summed E-state index contributed by atoms with van der Waals surface area (Å²) in [5.41, 5.74) is 1.05. The fourth-order valence-corrected chi connectivity index (χ4v) is 2.45. The third-order valence-corrected chi connectivity index (χ3v) is 4.28. The van der Waals surface area contributed by atoms with Crippen LogP contribution in [-0.2, 0) is 10.0 Å². The van der Waals surface area contributed by atoms with Gasteiger partial charge in [0.1, 0.15) is 0 Å². The quantitative estimate of drug-likeness (QED) is 0.832. The van der Waals surface area contributed by atoms with Crippen LogP contribution in [0.15, 0.2) is 29.2 Å². The van der Waals surface area contributed by atoms with E-state index in [9.17, 15) is 8.42 Å². The van der Waals surface area contributed by atoms with Gasteiger partial charge in [-0.15, -0.1) is 0 Å². The Hall–Kier alpha value is -0.910. The molecule has 5 heteroatoms. The van der Waals surface area contributed by atoms with Gasteiger partial charge in [0.05, 0.1) is 4.90 Å². The van der Waals surface area contributed by atoms with Gasteiger partial charge in [-0.05, 0) is 26.1 Å². The van der Waals surface area contributed by atoms with Gasteiger partial charge in [0, 0.05) is 20.1 Å². The first kappa shape index (κ1) is 13.2. The van der Waals surface area contributed by atoms with Gasteiger partial charge in [0.2, 0.25) is 10.0 Å². The maximum absolute atomic E-state index is 12.0. The molecule has 0 aliphatic rings. The molecule has 0 saturated carbocycles. The van der Waals surface area contributed by atoms with Gasteiger partial charge >= 0.3 is 0 Å². The zero-order valence-corrected chi connectivity index (χ0v) is 10.7. The highest BCUT2D eigenvalue weighted by molar-refractivity contribution is 7.89. The molecule has 1 aromatic carbocycles. The molecule has 0 atom stereocenters. The molecule has 0 spiro atoms. The molecule has 16 heavy (non-hydrogen) atoms. The molecule has 0 aliphatic heterocycles. The molecular weight excluding hydrogens is 224 g/mol. The lowest BCUT2D eigenvalue weighted by molar-refractivity contribution is 0.466. The second kappa shape index (κ2) is 5.43. The lowest BCUT2D eigenvalue weighted by Gasteiger charge is -2.16. The molecule has 0 saturated heterocycles. The van der Waals surface area contributed by atoms with Gasteiger partial charge < -0.3 is 5.32 Å². The predicted octanol–water partition coefficient (Wildman–Crippen LogP) is 0.835. The molecular formula is C11H18N2O2S. The second-order valence-electron chi connectivity index (χ2n) is 3.74. The molecule has 0 fully saturated rings. The van der Waals surface area contributed by atoms with Crippen LogP contribution in [0.1, 0.15) is 5.56 Å². The summed E-state index contributed by atoms with van der Waals surface area (Å²) in [5.74, 6) is 0. The normalized spacial score (nSPS) is 12.0. The number of benzene rings is 1. The number of sulfonamides is 1. The summed E-state index contributed by atoms with van der Waals surface area (Å²) in [4.78, 5) is 0.344. The number of likely N-dealkylation sites (N-methyl/N-ethyl adjacent to an activating group) is 2. The first-order valence-corrected chi connectivity index (χ1v) is 6.60. The Kier molecular flexibility index (Phi) is 4.46. The summed E-state index contributed by atoms with van der Waals surface area (Å²) in [5, 5.41) is 2.93. The fourth-order valence-electron chi connectivity index (χ4n) is 1.28. The van der Waals surface area contributed by atoms with E-state index < -0.39 is 10.0 Å². The number of rotatable bonds is 5.